The molecule has 4 nitrogen and oxygen atoms in total. The van der Waals surface area contributed by atoms with E-state index in [0.717, 1.165) is 5.56 Å². The van der Waals surface area contributed by atoms with Gasteiger partial charge in [-0.1, -0.05) is 12.1 Å². The molecule has 2 N–H and O–H groups in total. The van der Waals surface area contributed by atoms with Gasteiger partial charge < -0.3 is 15.4 Å². The second kappa shape index (κ2) is 7.69. The van der Waals surface area contributed by atoms with E-state index in [1.54, 1.807) is 19.1 Å². The Morgan fingerprint density at radius 1 is 1.41 bits per heavy atom. The van der Waals surface area contributed by atoms with Gasteiger partial charge in [0.05, 0.1) is 5.92 Å². The normalized spacial score (nSPS) is 14.7. The number of carbonyl (C=O) groups is 1. The molecule has 0 atom stereocenters. The molecule has 22 heavy (non-hydrogen) atoms. The minimum atomic E-state index is -4.39. The van der Waals surface area contributed by atoms with E-state index in [1.807, 2.05) is 0 Å². The summed E-state index contributed by atoms with van der Waals surface area (Å²) in [5, 5.41) is 5.70. The lowest BCUT2D eigenvalue weighted by Crippen LogP contribution is -2.50. The van der Waals surface area contributed by atoms with Crippen molar-refractivity contribution in [2.75, 3.05) is 19.7 Å². The Labute approximate surface area is 132 Å². The first kappa shape index (κ1) is 18.6. The van der Waals surface area contributed by atoms with Crippen LogP contribution in [0.5, 0.6) is 5.75 Å². The summed E-state index contributed by atoms with van der Waals surface area (Å²) in [6, 6.07) is 4.98. The number of hydrogen-bond acceptors (Lipinski definition) is 3. The number of rotatable bonds is 5. The summed E-state index contributed by atoms with van der Waals surface area (Å²) in [5.41, 5.74) is 1.33. The van der Waals surface area contributed by atoms with Crippen LogP contribution < -0.4 is 15.4 Å². The van der Waals surface area contributed by atoms with Crippen LogP contribution in [0.1, 0.15) is 11.1 Å². The fourth-order valence-corrected chi connectivity index (χ4v) is 1.90. The van der Waals surface area contributed by atoms with E-state index in [0.29, 0.717) is 18.7 Å². The van der Waals surface area contributed by atoms with Gasteiger partial charge in [-0.05, 0) is 18.6 Å². The third-order valence-corrected chi connectivity index (χ3v) is 3.22. The highest BCUT2D eigenvalue weighted by atomic mass is 35.5. The minimum absolute atomic E-state index is 0. The molecule has 1 aromatic rings. The first-order chi connectivity index (χ1) is 9.85. The highest BCUT2D eigenvalue weighted by molar-refractivity contribution is 5.85. The van der Waals surface area contributed by atoms with E-state index in [-0.39, 0.29) is 36.5 Å². The molecule has 1 amide bonds. The van der Waals surface area contributed by atoms with E-state index < -0.39 is 12.8 Å². The molecule has 1 saturated heterocycles. The van der Waals surface area contributed by atoms with Crippen molar-refractivity contribution >= 4 is 18.3 Å². The summed E-state index contributed by atoms with van der Waals surface area (Å²) in [7, 11) is 0. The molecule has 0 saturated carbocycles. The lowest BCUT2D eigenvalue weighted by atomic mass is 10.0. The van der Waals surface area contributed by atoms with Crippen LogP contribution in [-0.4, -0.2) is 31.8 Å². The summed E-state index contributed by atoms with van der Waals surface area (Å²) in [4.78, 5) is 11.7. The second-order valence-electron chi connectivity index (χ2n) is 5.09. The van der Waals surface area contributed by atoms with Gasteiger partial charge in [0.2, 0.25) is 5.91 Å². The van der Waals surface area contributed by atoms with Crippen molar-refractivity contribution in [3.05, 3.63) is 29.3 Å². The number of benzene rings is 1. The Balaban J connectivity index is 0.00000242. The van der Waals surface area contributed by atoms with Crippen LogP contribution in [0.2, 0.25) is 0 Å². The number of hydrogen-bond donors (Lipinski definition) is 2. The maximum Gasteiger partial charge on any atom is 0.422 e. The highest BCUT2D eigenvalue weighted by Crippen LogP contribution is 2.23. The number of amides is 1. The second-order valence-corrected chi connectivity index (χ2v) is 5.09. The Kier molecular flexibility index (Phi) is 6.49. The van der Waals surface area contributed by atoms with Crippen molar-refractivity contribution in [1.82, 2.24) is 10.6 Å². The molecule has 0 spiro atoms. The zero-order valence-corrected chi connectivity index (χ0v) is 12.8. The van der Waals surface area contributed by atoms with Gasteiger partial charge in [-0.2, -0.15) is 13.2 Å². The molecular weight excluding hydrogens is 321 g/mol. The lowest BCUT2D eigenvalue weighted by molar-refractivity contribution is -0.153. The van der Waals surface area contributed by atoms with Crippen LogP contribution in [0, 0.1) is 12.8 Å². The summed E-state index contributed by atoms with van der Waals surface area (Å²) >= 11 is 0. The Morgan fingerprint density at radius 3 is 2.64 bits per heavy atom. The fourth-order valence-electron chi connectivity index (χ4n) is 1.90. The first-order valence-corrected chi connectivity index (χ1v) is 6.62. The molecule has 0 unspecified atom stereocenters. The molecule has 2 rings (SSSR count). The van der Waals surface area contributed by atoms with Gasteiger partial charge in [0.15, 0.2) is 6.61 Å². The molecule has 0 bridgehead atoms. The molecule has 8 heteroatoms. The van der Waals surface area contributed by atoms with Crippen LogP contribution >= 0.6 is 12.4 Å². The van der Waals surface area contributed by atoms with Crippen LogP contribution in [0.25, 0.3) is 0 Å². The van der Waals surface area contributed by atoms with Gasteiger partial charge in [-0.3, -0.25) is 4.79 Å². The zero-order valence-electron chi connectivity index (χ0n) is 12.0. The molecule has 1 aromatic carbocycles. The molecule has 1 aliphatic heterocycles. The van der Waals surface area contributed by atoms with E-state index in [9.17, 15) is 18.0 Å². The van der Waals surface area contributed by atoms with Crippen LogP contribution in [-0.2, 0) is 11.3 Å². The molecule has 124 valence electrons. The Bertz CT molecular complexity index is 519. The first-order valence-electron chi connectivity index (χ1n) is 6.62. The number of carbonyl (C=O) groups excluding carboxylic acids is 1. The SMILES string of the molecule is Cc1ccc(CNC(=O)C2CNC2)c(OCC(F)(F)F)c1.Cl. The topological polar surface area (TPSA) is 50.4 Å². The van der Waals surface area contributed by atoms with E-state index >= 15 is 0 Å². The Morgan fingerprint density at radius 2 is 2.09 bits per heavy atom. The van der Waals surface area contributed by atoms with Gasteiger partial charge >= 0.3 is 6.18 Å². The zero-order chi connectivity index (χ0) is 15.5. The van der Waals surface area contributed by atoms with Crippen molar-refractivity contribution in [1.29, 1.82) is 0 Å². The van der Waals surface area contributed by atoms with Crippen molar-refractivity contribution in [2.24, 2.45) is 5.92 Å². The smallest absolute Gasteiger partial charge is 0.422 e. The van der Waals surface area contributed by atoms with Gasteiger partial charge in [-0.25, -0.2) is 0 Å². The Hall–Kier alpha value is -1.47. The number of ether oxygens (including phenoxy) is 1. The standard InChI is InChI=1S/C14H17F3N2O2.ClH/c1-9-2-3-10(7-19-13(20)11-5-18-6-11)12(4-9)21-8-14(15,16)17;/h2-4,11,18H,5-8H2,1H3,(H,19,20);1H. The average molecular weight is 339 g/mol. The summed E-state index contributed by atoms with van der Waals surface area (Å²) < 4.78 is 41.6. The quantitative estimate of drug-likeness (QED) is 0.865. The lowest BCUT2D eigenvalue weighted by Gasteiger charge is -2.26. The maximum absolute atomic E-state index is 12.2. The summed E-state index contributed by atoms with van der Waals surface area (Å²) in [6.07, 6.45) is -4.39. The highest BCUT2D eigenvalue weighted by Gasteiger charge is 2.29. The van der Waals surface area contributed by atoms with Crippen LogP contribution in [0.4, 0.5) is 13.2 Å². The third-order valence-electron chi connectivity index (χ3n) is 3.22. The van der Waals surface area contributed by atoms with Gasteiger partial charge in [0.25, 0.3) is 0 Å². The molecule has 0 aliphatic carbocycles. The average Bonchev–Trinajstić information content (AvgIpc) is 2.32. The monoisotopic (exact) mass is 338 g/mol. The van der Waals surface area contributed by atoms with E-state index in [2.05, 4.69) is 10.6 Å². The number of nitrogens with one attached hydrogen (secondary N) is 2. The minimum Gasteiger partial charge on any atom is -0.484 e. The van der Waals surface area contributed by atoms with Gasteiger partial charge in [0.1, 0.15) is 5.75 Å². The number of aryl methyl sites for hydroxylation is 1. The summed E-state index contributed by atoms with van der Waals surface area (Å²) in [5.74, 6) is -0.00884. The number of alkyl halides is 3. The molecule has 0 aromatic heterocycles. The van der Waals surface area contributed by atoms with Gasteiger partial charge in [0, 0.05) is 25.2 Å². The van der Waals surface area contributed by atoms with Crippen molar-refractivity contribution in [2.45, 2.75) is 19.6 Å². The molecular formula is C14H18ClF3N2O2. The predicted molar refractivity (Wildman–Crippen MR) is 78.2 cm³/mol. The van der Waals surface area contributed by atoms with Gasteiger partial charge in [-0.15, -0.1) is 12.4 Å². The molecule has 1 aliphatic rings. The maximum atomic E-state index is 12.2. The van der Waals surface area contributed by atoms with Crippen molar-refractivity contribution < 1.29 is 22.7 Å². The van der Waals surface area contributed by atoms with E-state index in [4.69, 9.17) is 4.74 Å². The summed E-state index contributed by atoms with van der Waals surface area (Å²) in [6.45, 7) is 1.85. The van der Waals surface area contributed by atoms with E-state index in [1.165, 1.54) is 6.07 Å². The predicted octanol–water partition coefficient (Wildman–Crippen LogP) is 2.19. The fraction of sp³-hybridized carbons (Fsp3) is 0.500. The van der Waals surface area contributed by atoms with Crippen LogP contribution in [0.3, 0.4) is 0 Å². The largest absolute Gasteiger partial charge is 0.484 e. The molecule has 1 heterocycles. The molecule has 0 radical (unpaired) electrons. The van der Waals surface area contributed by atoms with Crippen LogP contribution in [0.15, 0.2) is 18.2 Å². The third kappa shape index (κ3) is 5.38. The van der Waals surface area contributed by atoms with Crippen molar-refractivity contribution in [3.8, 4) is 5.75 Å². The van der Waals surface area contributed by atoms with Crippen molar-refractivity contribution in [3.63, 3.8) is 0 Å². The molecule has 1 fully saturated rings. The number of halogens is 4.